The molecular formula is C11H15NO2. The largest absolute Gasteiger partial charge is 0.456 e. The summed E-state index contributed by atoms with van der Waals surface area (Å²) in [5, 5.41) is 0. The lowest BCUT2D eigenvalue weighted by atomic mass is 10.2. The molecule has 3 nitrogen and oxygen atoms in total. The summed E-state index contributed by atoms with van der Waals surface area (Å²) >= 11 is 0. The van der Waals surface area contributed by atoms with Gasteiger partial charge in [0, 0.05) is 6.21 Å². The van der Waals surface area contributed by atoms with Crippen LogP contribution in [0, 0.1) is 0 Å². The Morgan fingerprint density at radius 1 is 1.50 bits per heavy atom. The first-order chi connectivity index (χ1) is 6.49. The Bertz CT molecular complexity index is 306. The normalized spacial score (nSPS) is 16.1. The maximum absolute atomic E-state index is 11.6. The van der Waals surface area contributed by atoms with E-state index in [4.69, 9.17) is 4.74 Å². The number of carbonyl (C=O) groups is 1. The van der Waals surface area contributed by atoms with Crippen molar-refractivity contribution >= 4 is 12.2 Å². The monoisotopic (exact) mass is 193 g/mol. The van der Waals surface area contributed by atoms with Gasteiger partial charge in [0.05, 0.1) is 12.1 Å². The number of allylic oxidation sites excluding steroid dienone is 2. The zero-order chi connectivity index (χ0) is 10.6. The fourth-order valence-electron chi connectivity index (χ4n) is 0.945. The zero-order valence-corrected chi connectivity index (χ0v) is 8.78. The van der Waals surface area contributed by atoms with Crippen LogP contribution in [0.15, 0.2) is 28.8 Å². The van der Waals surface area contributed by atoms with Crippen molar-refractivity contribution in [2.45, 2.75) is 26.4 Å². The molecule has 0 radical (unpaired) electrons. The Morgan fingerprint density at radius 2 is 2.21 bits per heavy atom. The molecule has 1 aliphatic rings. The van der Waals surface area contributed by atoms with Crippen LogP contribution in [-0.4, -0.2) is 24.3 Å². The molecule has 0 spiro atoms. The molecule has 0 aromatic heterocycles. The minimum Gasteiger partial charge on any atom is -0.456 e. The summed E-state index contributed by atoms with van der Waals surface area (Å²) in [4.78, 5) is 15.6. The fourth-order valence-corrected chi connectivity index (χ4v) is 0.945. The molecule has 3 heteroatoms. The summed E-state index contributed by atoms with van der Waals surface area (Å²) in [6, 6.07) is 0. The van der Waals surface area contributed by atoms with Gasteiger partial charge in [-0.25, -0.2) is 4.79 Å². The van der Waals surface area contributed by atoms with Gasteiger partial charge >= 0.3 is 5.97 Å². The van der Waals surface area contributed by atoms with Gasteiger partial charge in [-0.05, 0) is 26.8 Å². The smallest absolute Gasteiger partial charge is 0.340 e. The van der Waals surface area contributed by atoms with Crippen LogP contribution in [0.3, 0.4) is 0 Å². The van der Waals surface area contributed by atoms with Gasteiger partial charge in [-0.2, -0.15) is 0 Å². The van der Waals surface area contributed by atoms with E-state index in [1.807, 2.05) is 32.9 Å². The van der Waals surface area contributed by atoms with E-state index in [1.54, 1.807) is 12.3 Å². The van der Waals surface area contributed by atoms with E-state index in [9.17, 15) is 4.79 Å². The second kappa shape index (κ2) is 4.22. The Kier molecular flexibility index (Phi) is 3.23. The summed E-state index contributed by atoms with van der Waals surface area (Å²) < 4.78 is 5.20. The molecule has 0 aromatic carbocycles. The topological polar surface area (TPSA) is 38.7 Å². The third kappa shape index (κ3) is 3.56. The van der Waals surface area contributed by atoms with Crippen molar-refractivity contribution in [1.82, 2.24) is 0 Å². The first-order valence-electron chi connectivity index (χ1n) is 4.59. The van der Waals surface area contributed by atoms with E-state index in [2.05, 4.69) is 4.99 Å². The Labute approximate surface area is 84.2 Å². The summed E-state index contributed by atoms with van der Waals surface area (Å²) in [6.07, 6.45) is 6.96. The fraction of sp³-hybridized carbons (Fsp3) is 0.455. The van der Waals surface area contributed by atoms with Crippen molar-refractivity contribution in [3.05, 3.63) is 23.8 Å². The minimum absolute atomic E-state index is 0.326. The summed E-state index contributed by atoms with van der Waals surface area (Å²) in [5.74, 6) is -0.326. The maximum Gasteiger partial charge on any atom is 0.340 e. The number of hydrogen-bond acceptors (Lipinski definition) is 3. The quantitative estimate of drug-likeness (QED) is 0.596. The van der Waals surface area contributed by atoms with Crippen molar-refractivity contribution in [2.75, 3.05) is 6.54 Å². The van der Waals surface area contributed by atoms with E-state index < -0.39 is 5.60 Å². The number of nitrogens with zero attached hydrogens (tertiary/aromatic N) is 1. The molecule has 1 aliphatic heterocycles. The molecule has 0 amide bonds. The second-order valence-corrected chi connectivity index (χ2v) is 4.05. The molecule has 0 aliphatic carbocycles. The predicted molar refractivity (Wildman–Crippen MR) is 56.4 cm³/mol. The molecule has 14 heavy (non-hydrogen) atoms. The van der Waals surface area contributed by atoms with Crippen molar-refractivity contribution in [3.8, 4) is 0 Å². The average molecular weight is 193 g/mol. The average Bonchev–Trinajstić information content (AvgIpc) is 2.27. The van der Waals surface area contributed by atoms with Crippen LogP contribution in [-0.2, 0) is 9.53 Å². The molecule has 0 fully saturated rings. The van der Waals surface area contributed by atoms with Gasteiger partial charge in [0.15, 0.2) is 0 Å². The van der Waals surface area contributed by atoms with Gasteiger partial charge in [0.1, 0.15) is 5.60 Å². The number of rotatable bonds is 1. The van der Waals surface area contributed by atoms with E-state index in [0.29, 0.717) is 12.1 Å². The minimum atomic E-state index is -0.457. The van der Waals surface area contributed by atoms with Gasteiger partial charge in [0.25, 0.3) is 0 Å². The summed E-state index contributed by atoms with van der Waals surface area (Å²) in [5.41, 5.74) is 0.0376. The maximum atomic E-state index is 11.6. The third-order valence-corrected chi connectivity index (χ3v) is 1.49. The van der Waals surface area contributed by atoms with Crippen molar-refractivity contribution in [3.63, 3.8) is 0 Å². The SMILES string of the molecule is CC(C)(C)OC(=O)C1=CC=CCN=C1. The molecule has 1 heterocycles. The molecule has 0 saturated heterocycles. The molecule has 0 saturated carbocycles. The van der Waals surface area contributed by atoms with E-state index in [0.717, 1.165) is 0 Å². The molecule has 0 atom stereocenters. The number of aliphatic imine (C=N–C) groups is 1. The molecule has 0 aromatic rings. The lowest BCUT2D eigenvalue weighted by Gasteiger charge is -2.19. The van der Waals surface area contributed by atoms with Gasteiger partial charge < -0.3 is 4.74 Å². The Balaban J connectivity index is 2.69. The summed E-state index contributed by atoms with van der Waals surface area (Å²) in [7, 11) is 0. The van der Waals surface area contributed by atoms with Crippen LogP contribution in [0.25, 0.3) is 0 Å². The molecule has 0 unspecified atom stereocenters. The second-order valence-electron chi connectivity index (χ2n) is 4.05. The van der Waals surface area contributed by atoms with Crippen molar-refractivity contribution in [2.24, 2.45) is 4.99 Å². The molecule has 0 N–H and O–H groups in total. The highest BCUT2D eigenvalue weighted by Gasteiger charge is 2.18. The summed E-state index contributed by atoms with van der Waals surface area (Å²) in [6.45, 7) is 6.14. The van der Waals surface area contributed by atoms with Crippen molar-refractivity contribution in [1.29, 1.82) is 0 Å². The molecule has 0 bridgehead atoms. The number of carbonyl (C=O) groups excluding carboxylic acids is 1. The molecule has 76 valence electrons. The Hall–Kier alpha value is -1.38. The van der Waals surface area contributed by atoms with Gasteiger partial charge in [-0.15, -0.1) is 0 Å². The highest BCUT2D eigenvalue weighted by Crippen LogP contribution is 2.10. The zero-order valence-electron chi connectivity index (χ0n) is 8.78. The lowest BCUT2D eigenvalue weighted by Crippen LogP contribution is -2.25. The number of ether oxygens (including phenoxy) is 1. The predicted octanol–water partition coefficient (Wildman–Crippen LogP) is 1.90. The highest BCUT2D eigenvalue weighted by molar-refractivity contribution is 6.10. The first-order valence-corrected chi connectivity index (χ1v) is 4.59. The van der Waals surface area contributed by atoms with Gasteiger partial charge in [-0.3, -0.25) is 4.99 Å². The van der Waals surface area contributed by atoms with Crippen LogP contribution in [0.5, 0.6) is 0 Å². The molecular weight excluding hydrogens is 178 g/mol. The van der Waals surface area contributed by atoms with Gasteiger partial charge in [0.2, 0.25) is 0 Å². The lowest BCUT2D eigenvalue weighted by molar-refractivity contribution is -0.149. The Morgan fingerprint density at radius 3 is 2.86 bits per heavy atom. The number of esters is 1. The van der Waals surface area contributed by atoms with E-state index >= 15 is 0 Å². The molecule has 1 rings (SSSR count). The van der Waals surface area contributed by atoms with E-state index in [-0.39, 0.29) is 5.97 Å². The van der Waals surface area contributed by atoms with Crippen LogP contribution < -0.4 is 0 Å². The standard InChI is InChI=1S/C11H15NO2/c1-11(2,3)14-10(13)9-6-4-5-7-12-8-9/h4-6,8H,7H2,1-3H3. The van der Waals surface area contributed by atoms with Crippen LogP contribution in [0.4, 0.5) is 0 Å². The van der Waals surface area contributed by atoms with Crippen molar-refractivity contribution < 1.29 is 9.53 Å². The van der Waals surface area contributed by atoms with Crippen LogP contribution >= 0.6 is 0 Å². The van der Waals surface area contributed by atoms with Gasteiger partial charge in [-0.1, -0.05) is 12.2 Å². The van der Waals surface area contributed by atoms with Crippen LogP contribution in [0.2, 0.25) is 0 Å². The number of hydrogen-bond donors (Lipinski definition) is 0. The first kappa shape index (κ1) is 10.7. The van der Waals surface area contributed by atoms with Crippen LogP contribution in [0.1, 0.15) is 20.8 Å². The highest BCUT2D eigenvalue weighted by atomic mass is 16.6. The van der Waals surface area contributed by atoms with E-state index in [1.165, 1.54) is 0 Å². The third-order valence-electron chi connectivity index (χ3n) is 1.49.